The van der Waals surface area contributed by atoms with Crippen LogP contribution in [0.4, 0.5) is 0 Å². The fourth-order valence-corrected chi connectivity index (χ4v) is 8.43. The van der Waals surface area contributed by atoms with E-state index in [2.05, 4.69) is 13.8 Å². The van der Waals surface area contributed by atoms with Crippen molar-refractivity contribution in [1.82, 2.24) is 0 Å². The number of halogens is 2. The van der Waals surface area contributed by atoms with E-state index in [4.69, 9.17) is 32.7 Å². The minimum atomic E-state index is -0.560. The predicted molar refractivity (Wildman–Crippen MR) is 209 cm³/mol. The summed E-state index contributed by atoms with van der Waals surface area (Å²) in [5, 5.41) is 23.6. The van der Waals surface area contributed by atoms with Crippen LogP contribution >= 0.6 is 23.2 Å². The van der Waals surface area contributed by atoms with E-state index in [1.807, 2.05) is 26.0 Å². The van der Waals surface area contributed by atoms with E-state index in [-0.39, 0.29) is 33.8 Å². The quantitative estimate of drug-likeness (QED) is 0.117. The molecule has 274 valence electrons. The fraction of sp³-hybridized carbons (Fsp3) is 0.409. The van der Waals surface area contributed by atoms with Gasteiger partial charge in [0.05, 0.1) is 34.4 Å². The average molecular weight is 744 g/mol. The van der Waals surface area contributed by atoms with Crippen LogP contribution in [0.1, 0.15) is 121 Å². The molecule has 0 saturated heterocycles. The Morgan fingerprint density at radius 3 is 1.63 bits per heavy atom. The highest BCUT2D eigenvalue weighted by molar-refractivity contribution is 6.38. The first-order valence-corrected chi connectivity index (χ1v) is 19.5. The zero-order valence-corrected chi connectivity index (χ0v) is 32.1. The summed E-state index contributed by atoms with van der Waals surface area (Å²) in [6.07, 6.45) is 11.9. The van der Waals surface area contributed by atoms with Gasteiger partial charge in [0, 0.05) is 22.3 Å². The van der Waals surface area contributed by atoms with Gasteiger partial charge in [-0.15, -0.1) is 0 Å². The summed E-state index contributed by atoms with van der Waals surface area (Å²) in [6.45, 7) is 9.39. The Morgan fingerprint density at radius 2 is 1.12 bits per heavy atom. The van der Waals surface area contributed by atoms with E-state index in [0.29, 0.717) is 57.2 Å². The van der Waals surface area contributed by atoms with Crippen LogP contribution in [0.15, 0.2) is 48.5 Å². The zero-order valence-electron chi connectivity index (χ0n) is 30.5. The molecule has 2 aliphatic carbocycles. The van der Waals surface area contributed by atoms with Crippen molar-refractivity contribution in [2.24, 2.45) is 11.8 Å². The Bertz CT molecular complexity index is 1950. The van der Waals surface area contributed by atoms with Crippen molar-refractivity contribution in [3.05, 3.63) is 92.0 Å². The lowest BCUT2D eigenvalue weighted by Crippen LogP contribution is -2.21. The van der Waals surface area contributed by atoms with Crippen LogP contribution in [0.2, 0.25) is 10.0 Å². The third-order valence-electron chi connectivity index (χ3n) is 10.8. The van der Waals surface area contributed by atoms with Gasteiger partial charge in [0.25, 0.3) is 0 Å². The summed E-state index contributed by atoms with van der Waals surface area (Å²) in [5.41, 5.74) is 3.54. The van der Waals surface area contributed by atoms with Gasteiger partial charge in [-0.1, -0.05) is 82.0 Å². The number of unbranched alkanes of at least 4 members (excludes halogenated alkanes) is 3. The van der Waals surface area contributed by atoms with Crippen molar-refractivity contribution in [3.8, 4) is 45.3 Å². The number of phenols is 2. The Hall–Kier alpha value is -4.00. The molecule has 0 amide bonds. The summed E-state index contributed by atoms with van der Waals surface area (Å²) in [6, 6.07) is 13.4. The number of benzene rings is 4. The van der Waals surface area contributed by atoms with Crippen LogP contribution in [0, 0.1) is 25.7 Å². The highest BCUT2D eigenvalue weighted by Gasteiger charge is 2.36. The average Bonchev–Trinajstić information content (AvgIpc) is 3.11. The number of carbonyl (C=O) groups excluding carboxylic acids is 2. The molecule has 1 saturated carbocycles. The third kappa shape index (κ3) is 7.56. The molecule has 0 spiro atoms. The highest BCUT2D eigenvalue weighted by Crippen LogP contribution is 2.46. The van der Waals surface area contributed by atoms with Crippen LogP contribution in [0.5, 0.6) is 23.0 Å². The topological polar surface area (TPSA) is 93.1 Å². The minimum absolute atomic E-state index is 0.00969. The van der Waals surface area contributed by atoms with Crippen LogP contribution in [0.25, 0.3) is 22.3 Å². The van der Waals surface area contributed by atoms with Crippen LogP contribution < -0.4 is 9.47 Å². The second kappa shape index (κ2) is 16.3. The molecule has 52 heavy (non-hydrogen) atoms. The smallest absolute Gasteiger partial charge is 0.198 e. The Balaban J connectivity index is 1.22. The van der Waals surface area contributed by atoms with Gasteiger partial charge in [-0.2, -0.15) is 0 Å². The largest absolute Gasteiger partial charge is 0.507 e. The van der Waals surface area contributed by atoms with Gasteiger partial charge in [0.15, 0.2) is 17.3 Å². The Labute approximate surface area is 317 Å². The van der Waals surface area contributed by atoms with E-state index >= 15 is 0 Å². The number of fused-ring (bicyclic) bond motifs is 2. The molecular formula is C44H48Cl2O6. The third-order valence-corrected chi connectivity index (χ3v) is 11.3. The van der Waals surface area contributed by atoms with Crippen LogP contribution in [-0.2, 0) is 0 Å². The number of hydrogen-bond acceptors (Lipinski definition) is 6. The number of rotatable bonds is 13. The first-order chi connectivity index (χ1) is 25.0. The van der Waals surface area contributed by atoms with E-state index in [0.717, 1.165) is 48.5 Å². The number of aryl methyl sites for hydroxylation is 2. The van der Waals surface area contributed by atoms with Gasteiger partial charge in [0.1, 0.15) is 17.2 Å². The molecule has 0 heterocycles. The maximum atomic E-state index is 13.9. The molecule has 1 fully saturated rings. The minimum Gasteiger partial charge on any atom is -0.507 e. The monoisotopic (exact) mass is 742 g/mol. The number of hydrogen-bond donors (Lipinski definition) is 2. The SMILES string of the molecule is CCCCCC1CCC(COc2c(Cl)cc(-c3ccc4c(c3O)C(=O)c3ccc(-c5cc(C)c(OCCCC)c(C)c5)c(O)c3C4=O)cc2Cl)CC1. The van der Waals surface area contributed by atoms with Crippen LogP contribution in [-0.4, -0.2) is 35.0 Å². The molecule has 6 rings (SSSR count). The normalized spacial score (nSPS) is 16.8. The second-order valence-electron chi connectivity index (χ2n) is 14.5. The standard InChI is InChI=1S/C44H48Cl2O6/c1-5-7-9-10-27-11-13-28(14-12-27)24-52-44-35(45)22-30(23-36(44)46)32-16-18-34-38(40(32)48)42(50)33-17-15-31(39(47)37(33)41(34)49)29-20-25(3)43(26(4)21-29)51-19-8-6-2/h15-18,20-23,27-28,47-48H,5-14,19,24H2,1-4H3. The number of ether oxygens (including phenoxy) is 2. The summed E-state index contributed by atoms with van der Waals surface area (Å²) in [5.74, 6) is 0.712. The van der Waals surface area contributed by atoms with Crippen molar-refractivity contribution in [2.45, 2.75) is 91.9 Å². The number of ketones is 2. The number of aromatic hydroxyl groups is 2. The van der Waals surface area contributed by atoms with E-state index in [1.165, 1.54) is 50.7 Å². The fourth-order valence-electron chi connectivity index (χ4n) is 7.83. The van der Waals surface area contributed by atoms with Crippen molar-refractivity contribution in [3.63, 3.8) is 0 Å². The lowest BCUT2D eigenvalue weighted by atomic mass is 9.80. The molecule has 0 radical (unpaired) electrons. The number of carbonyl (C=O) groups is 2. The molecule has 0 atom stereocenters. The molecule has 0 bridgehead atoms. The van der Waals surface area contributed by atoms with Gasteiger partial charge in [-0.3, -0.25) is 9.59 Å². The second-order valence-corrected chi connectivity index (χ2v) is 15.3. The first-order valence-electron chi connectivity index (χ1n) is 18.7. The van der Waals surface area contributed by atoms with E-state index in [9.17, 15) is 19.8 Å². The molecule has 2 N–H and O–H groups in total. The summed E-state index contributed by atoms with van der Waals surface area (Å²) in [7, 11) is 0. The molecule has 6 nitrogen and oxygen atoms in total. The zero-order chi connectivity index (χ0) is 37.1. The molecule has 4 aromatic carbocycles. The summed E-state index contributed by atoms with van der Waals surface area (Å²) in [4.78, 5) is 27.9. The molecule has 2 aliphatic rings. The molecule has 8 heteroatoms. The molecule has 0 aromatic heterocycles. The lowest BCUT2D eigenvalue weighted by molar-refractivity contribution is 0.0974. The molecule has 0 unspecified atom stereocenters. The van der Waals surface area contributed by atoms with Gasteiger partial charge in [0.2, 0.25) is 0 Å². The maximum absolute atomic E-state index is 13.9. The lowest BCUT2D eigenvalue weighted by Gasteiger charge is -2.28. The highest BCUT2D eigenvalue weighted by atomic mass is 35.5. The van der Waals surface area contributed by atoms with Gasteiger partial charge in [-0.25, -0.2) is 0 Å². The Kier molecular flexibility index (Phi) is 11.9. The van der Waals surface area contributed by atoms with Gasteiger partial charge >= 0.3 is 0 Å². The molecule has 4 aromatic rings. The van der Waals surface area contributed by atoms with Gasteiger partial charge < -0.3 is 19.7 Å². The Morgan fingerprint density at radius 1 is 0.635 bits per heavy atom. The van der Waals surface area contributed by atoms with Crippen molar-refractivity contribution < 1.29 is 29.3 Å². The van der Waals surface area contributed by atoms with Gasteiger partial charge in [-0.05, 0) is 116 Å². The maximum Gasteiger partial charge on any atom is 0.198 e. The molecule has 0 aliphatic heterocycles. The van der Waals surface area contributed by atoms with Crippen molar-refractivity contribution in [1.29, 1.82) is 0 Å². The number of phenolic OH excluding ortho intramolecular Hbond substituents is 2. The first kappa shape index (κ1) is 37.7. The van der Waals surface area contributed by atoms with E-state index < -0.39 is 11.6 Å². The molecular weight excluding hydrogens is 695 g/mol. The predicted octanol–water partition coefficient (Wildman–Crippen LogP) is 12.1. The van der Waals surface area contributed by atoms with Crippen molar-refractivity contribution in [2.75, 3.05) is 13.2 Å². The van der Waals surface area contributed by atoms with E-state index in [1.54, 1.807) is 24.3 Å². The summed E-state index contributed by atoms with van der Waals surface area (Å²) < 4.78 is 12.2. The van der Waals surface area contributed by atoms with Crippen molar-refractivity contribution >= 4 is 34.8 Å². The van der Waals surface area contributed by atoms with Crippen LogP contribution in [0.3, 0.4) is 0 Å². The summed E-state index contributed by atoms with van der Waals surface area (Å²) >= 11 is 13.4.